The van der Waals surface area contributed by atoms with Crippen molar-refractivity contribution in [2.45, 2.75) is 57.2 Å². The lowest BCUT2D eigenvalue weighted by Gasteiger charge is -2.22. The Morgan fingerprint density at radius 3 is 2.63 bits per heavy atom. The van der Waals surface area contributed by atoms with E-state index in [4.69, 9.17) is 0 Å². The minimum Gasteiger partial charge on any atom is -0.335 e. The lowest BCUT2D eigenvalue weighted by atomic mass is 9.99. The molecule has 0 aliphatic heterocycles. The first-order chi connectivity index (χ1) is 13.0. The van der Waals surface area contributed by atoms with Gasteiger partial charge in [0.15, 0.2) is 11.6 Å². The molecule has 1 heterocycles. The summed E-state index contributed by atoms with van der Waals surface area (Å²) in [6.45, 7) is 2.12. The molecule has 27 heavy (non-hydrogen) atoms. The summed E-state index contributed by atoms with van der Waals surface area (Å²) in [6.07, 6.45) is 6.81. The molecule has 1 aromatic heterocycles. The van der Waals surface area contributed by atoms with Crippen LogP contribution in [0.15, 0.2) is 18.5 Å². The van der Waals surface area contributed by atoms with Crippen molar-refractivity contribution in [1.29, 1.82) is 0 Å². The van der Waals surface area contributed by atoms with E-state index in [1.165, 1.54) is 6.07 Å². The van der Waals surface area contributed by atoms with Crippen molar-refractivity contribution in [1.82, 2.24) is 20.2 Å². The number of urea groups is 1. The standard InChI is InChI=1S/C20H24F2N4O/c1-2-16(25-20(27)24-10-3-4-10)19-12-5-11(6-13(12)19)26-9-23-17-7-14(21)15(22)8-18(17)26/h7-13,16,19H,2-6H2,1H3,(H2,24,25,27)/t11?,12-,13+,16-,19?/m1/s1. The van der Waals surface area contributed by atoms with Crippen LogP contribution in [-0.2, 0) is 0 Å². The first-order valence-corrected chi connectivity index (χ1v) is 9.93. The summed E-state index contributed by atoms with van der Waals surface area (Å²) in [7, 11) is 0. The number of nitrogens with one attached hydrogen (secondary N) is 2. The number of nitrogens with zero attached hydrogens (tertiary/aromatic N) is 2. The van der Waals surface area contributed by atoms with Gasteiger partial charge in [0, 0.05) is 30.3 Å². The number of fused-ring (bicyclic) bond motifs is 2. The highest BCUT2D eigenvalue weighted by Crippen LogP contribution is 2.62. The SMILES string of the molecule is CC[C@@H](NC(=O)NC1CC1)C1[C@H]2CC(n3cnc4cc(F)c(F)cc43)C[C@@H]12. The van der Waals surface area contributed by atoms with E-state index in [0.29, 0.717) is 34.8 Å². The van der Waals surface area contributed by atoms with Gasteiger partial charge in [-0.15, -0.1) is 0 Å². The van der Waals surface area contributed by atoms with Gasteiger partial charge in [-0.2, -0.15) is 0 Å². The molecule has 2 amide bonds. The summed E-state index contributed by atoms with van der Waals surface area (Å²) in [4.78, 5) is 16.3. The average Bonchev–Trinajstić information content (AvgIpc) is 3.48. The maximum atomic E-state index is 13.6. The van der Waals surface area contributed by atoms with Crippen molar-refractivity contribution in [3.05, 3.63) is 30.1 Å². The minimum absolute atomic E-state index is 0.0380. The normalized spacial score (nSPS) is 30.2. The van der Waals surface area contributed by atoms with Crippen molar-refractivity contribution < 1.29 is 13.6 Å². The van der Waals surface area contributed by atoms with Crippen LogP contribution in [0.3, 0.4) is 0 Å². The summed E-state index contributed by atoms with van der Waals surface area (Å²) < 4.78 is 29.0. The van der Waals surface area contributed by atoms with Gasteiger partial charge in [0.05, 0.1) is 17.4 Å². The van der Waals surface area contributed by atoms with Crippen LogP contribution in [0.5, 0.6) is 0 Å². The van der Waals surface area contributed by atoms with Gasteiger partial charge in [-0.1, -0.05) is 6.92 Å². The molecule has 0 bridgehead atoms. The number of benzene rings is 1. The Kier molecular flexibility index (Phi) is 3.88. The number of carbonyl (C=O) groups is 1. The summed E-state index contributed by atoms with van der Waals surface area (Å²) in [5.74, 6) is 0.0126. The second kappa shape index (κ2) is 6.17. The number of imidazole rings is 1. The van der Waals surface area contributed by atoms with Gasteiger partial charge in [0.2, 0.25) is 0 Å². The highest BCUT2D eigenvalue weighted by molar-refractivity contribution is 5.76. The highest BCUT2D eigenvalue weighted by atomic mass is 19.2. The molecule has 7 heteroatoms. The maximum Gasteiger partial charge on any atom is 0.315 e. The van der Waals surface area contributed by atoms with Crippen LogP contribution < -0.4 is 10.6 Å². The Labute approximate surface area is 156 Å². The van der Waals surface area contributed by atoms with Crippen molar-refractivity contribution >= 4 is 17.1 Å². The lowest BCUT2D eigenvalue weighted by Crippen LogP contribution is -2.44. The van der Waals surface area contributed by atoms with Gasteiger partial charge in [-0.05, 0) is 49.9 Å². The van der Waals surface area contributed by atoms with Crippen molar-refractivity contribution in [2.75, 3.05) is 0 Å². The zero-order chi connectivity index (χ0) is 18.7. The number of rotatable bonds is 5. The predicted molar refractivity (Wildman–Crippen MR) is 97.2 cm³/mol. The second-order valence-corrected chi connectivity index (χ2v) is 8.34. The summed E-state index contributed by atoms with van der Waals surface area (Å²) in [6, 6.07) is 3.22. The Morgan fingerprint density at radius 2 is 1.96 bits per heavy atom. The molecule has 5 nitrogen and oxygen atoms in total. The molecule has 2 aromatic rings. The van der Waals surface area contributed by atoms with Gasteiger partial charge in [0.25, 0.3) is 0 Å². The first kappa shape index (κ1) is 17.0. The van der Waals surface area contributed by atoms with Gasteiger partial charge in [0.1, 0.15) is 0 Å². The monoisotopic (exact) mass is 374 g/mol. The number of hydrogen-bond donors (Lipinski definition) is 2. The Hall–Kier alpha value is -2.18. The molecule has 0 saturated heterocycles. The van der Waals surface area contributed by atoms with E-state index in [-0.39, 0.29) is 18.1 Å². The molecule has 5 atom stereocenters. The Balaban J connectivity index is 1.25. The molecule has 3 aliphatic carbocycles. The smallest absolute Gasteiger partial charge is 0.315 e. The van der Waals surface area contributed by atoms with Gasteiger partial charge in [-0.3, -0.25) is 0 Å². The molecule has 2 unspecified atom stereocenters. The summed E-state index contributed by atoms with van der Waals surface area (Å²) >= 11 is 0. The molecule has 0 radical (unpaired) electrons. The number of hydrogen-bond acceptors (Lipinski definition) is 2. The lowest BCUT2D eigenvalue weighted by molar-refractivity contribution is 0.232. The van der Waals surface area contributed by atoms with Crippen LogP contribution in [0.1, 0.15) is 45.1 Å². The van der Waals surface area contributed by atoms with Crippen LogP contribution in [0.4, 0.5) is 13.6 Å². The third kappa shape index (κ3) is 2.97. The minimum atomic E-state index is -0.858. The van der Waals surface area contributed by atoms with E-state index >= 15 is 0 Å². The van der Waals surface area contributed by atoms with E-state index < -0.39 is 11.6 Å². The fourth-order valence-corrected chi connectivity index (χ4v) is 5.09. The number of amides is 2. The Morgan fingerprint density at radius 1 is 1.26 bits per heavy atom. The number of halogens is 2. The summed E-state index contributed by atoms with van der Waals surface area (Å²) in [5, 5.41) is 6.16. The van der Waals surface area contributed by atoms with Crippen molar-refractivity contribution in [3.8, 4) is 0 Å². The van der Waals surface area contributed by atoms with Crippen molar-refractivity contribution in [2.24, 2.45) is 17.8 Å². The topological polar surface area (TPSA) is 59.0 Å². The molecule has 0 spiro atoms. The number of aromatic nitrogens is 2. The largest absolute Gasteiger partial charge is 0.335 e. The van der Waals surface area contributed by atoms with E-state index in [1.807, 2.05) is 4.57 Å². The summed E-state index contributed by atoms with van der Waals surface area (Å²) in [5.41, 5.74) is 1.15. The molecule has 1 aromatic carbocycles. The van der Waals surface area contributed by atoms with Crippen LogP contribution in [0, 0.1) is 29.4 Å². The zero-order valence-corrected chi connectivity index (χ0v) is 15.3. The highest BCUT2D eigenvalue weighted by Gasteiger charge is 2.59. The molecular formula is C20H24F2N4O. The molecule has 5 rings (SSSR count). The second-order valence-electron chi connectivity index (χ2n) is 8.34. The van der Waals surface area contributed by atoms with Crippen LogP contribution >= 0.6 is 0 Å². The first-order valence-electron chi connectivity index (χ1n) is 9.93. The quantitative estimate of drug-likeness (QED) is 0.837. The van der Waals surface area contributed by atoms with E-state index in [1.54, 1.807) is 6.33 Å². The molecule has 3 saturated carbocycles. The molecule has 3 aliphatic rings. The van der Waals surface area contributed by atoms with Crippen LogP contribution in [0.2, 0.25) is 0 Å². The molecule has 3 fully saturated rings. The van der Waals surface area contributed by atoms with E-state index in [9.17, 15) is 13.6 Å². The third-order valence-electron chi connectivity index (χ3n) is 6.63. The molecule has 144 valence electrons. The van der Waals surface area contributed by atoms with Crippen LogP contribution in [0.25, 0.3) is 11.0 Å². The van der Waals surface area contributed by atoms with E-state index in [2.05, 4.69) is 22.5 Å². The average molecular weight is 374 g/mol. The zero-order valence-electron chi connectivity index (χ0n) is 15.3. The van der Waals surface area contributed by atoms with Gasteiger partial charge < -0.3 is 15.2 Å². The Bertz CT molecular complexity index is 881. The van der Waals surface area contributed by atoms with E-state index in [0.717, 1.165) is 38.2 Å². The molecule has 2 N–H and O–H groups in total. The van der Waals surface area contributed by atoms with Crippen molar-refractivity contribution in [3.63, 3.8) is 0 Å². The number of carbonyl (C=O) groups excluding carboxylic acids is 1. The maximum absolute atomic E-state index is 13.6. The van der Waals surface area contributed by atoms with Gasteiger partial charge in [-0.25, -0.2) is 18.6 Å². The molecular weight excluding hydrogens is 350 g/mol. The van der Waals surface area contributed by atoms with Crippen LogP contribution in [-0.4, -0.2) is 27.7 Å². The predicted octanol–water partition coefficient (Wildman–Crippen LogP) is 3.75. The van der Waals surface area contributed by atoms with Gasteiger partial charge >= 0.3 is 6.03 Å². The fourth-order valence-electron chi connectivity index (χ4n) is 5.09. The third-order valence-corrected chi connectivity index (χ3v) is 6.63. The fraction of sp³-hybridized carbons (Fsp3) is 0.600.